The van der Waals surface area contributed by atoms with Gasteiger partial charge >= 0.3 is 6.18 Å². The Kier molecular flexibility index (Phi) is 5.69. The monoisotopic (exact) mass is 414 g/mol. The summed E-state index contributed by atoms with van der Waals surface area (Å²) >= 11 is 0. The van der Waals surface area contributed by atoms with Gasteiger partial charge in [-0.15, -0.1) is 0 Å². The molecule has 1 unspecified atom stereocenters. The molecule has 0 saturated carbocycles. The molecule has 2 N–H and O–H groups in total. The van der Waals surface area contributed by atoms with Gasteiger partial charge in [-0.1, -0.05) is 12.1 Å². The van der Waals surface area contributed by atoms with E-state index in [4.69, 9.17) is 0 Å². The minimum absolute atomic E-state index is 0.0863. The first-order valence-electron chi connectivity index (χ1n) is 7.51. The lowest BCUT2D eigenvalue weighted by atomic mass is 10.2. The zero-order chi connectivity index (χ0) is 19.8. The van der Waals surface area contributed by atoms with Crippen molar-refractivity contribution in [3.05, 3.63) is 29.8 Å². The molecule has 0 bridgehead atoms. The fourth-order valence-electron chi connectivity index (χ4n) is 2.52. The van der Waals surface area contributed by atoms with Crippen molar-refractivity contribution in [3.8, 4) is 0 Å². The number of carbonyl (C=O) groups excluding carboxylic acids is 1. The van der Waals surface area contributed by atoms with Crippen LogP contribution in [-0.4, -0.2) is 46.3 Å². The average molecular weight is 414 g/mol. The second-order valence-electron chi connectivity index (χ2n) is 5.95. The molecular formula is C14H17F3N2O5S2. The molecule has 146 valence electrons. The van der Waals surface area contributed by atoms with E-state index in [-0.39, 0.29) is 17.9 Å². The number of carbonyl (C=O) groups is 1. The zero-order valence-corrected chi connectivity index (χ0v) is 15.2. The van der Waals surface area contributed by atoms with Crippen LogP contribution >= 0.6 is 0 Å². The lowest BCUT2D eigenvalue weighted by molar-refractivity contribution is -0.139. The minimum Gasteiger partial charge on any atom is -0.351 e. The Morgan fingerprint density at radius 2 is 1.88 bits per heavy atom. The van der Waals surface area contributed by atoms with Crippen molar-refractivity contribution in [2.24, 2.45) is 0 Å². The molecule has 12 heteroatoms. The van der Waals surface area contributed by atoms with Gasteiger partial charge in [-0.3, -0.25) is 4.79 Å². The lowest BCUT2D eigenvalue weighted by Crippen LogP contribution is -2.48. The second kappa shape index (κ2) is 7.16. The van der Waals surface area contributed by atoms with E-state index in [1.807, 2.05) is 4.72 Å². The first-order valence-corrected chi connectivity index (χ1v) is 10.8. The molecule has 1 heterocycles. The molecule has 1 fully saturated rings. The zero-order valence-electron chi connectivity index (χ0n) is 13.6. The molecule has 26 heavy (non-hydrogen) atoms. The number of amides is 1. The molecule has 2 atom stereocenters. The fourth-order valence-corrected chi connectivity index (χ4v) is 5.62. The Labute approximate surface area is 148 Å². The first kappa shape index (κ1) is 20.6. The van der Waals surface area contributed by atoms with Gasteiger partial charge < -0.3 is 5.32 Å². The molecule has 1 aromatic rings. The van der Waals surface area contributed by atoms with Gasteiger partial charge in [-0.25, -0.2) is 16.8 Å². The van der Waals surface area contributed by atoms with Crippen LogP contribution in [0.3, 0.4) is 0 Å². The number of hydrogen-bond donors (Lipinski definition) is 2. The van der Waals surface area contributed by atoms with Gasteiger partial charge in [0.1, 0.15) is 0 Å². The number of nitrogens with one attached hydrogen (secondary N) is 2. The number of alkyl halides is 3. The fraction of sp³-hybridized carbons (Fsp3) is 0.500. The molecule has 0 aliphatic carbocycles. The number of sulfone groups is 1. The minimum atomic E-state index is -4.88. The van der Waals surface area contributed by atoms with Crippen molar-refractivity contribution < 1.29 is 34.8 Å². The molecule has 0 radical (unpaired) electrons. The smallest absolute Gasteiger partial charge is 0.351 e. The molecule has 2 rings (SSSR count). The van der Waals surface area contributed by atoms with E-state index >= 15 is 0 Å². The van der Waals surface area contributed by atoms with Crippen LogP contribution in [0.15, 0.2) is 29.2 Å². The summed E-state index contributed by atoms with van der Waals surface area (Å²) in [5, 5.41) is 2.39. The third-order valence-electron chi connectivity index (χ3n) is 3.79. The number of sulfonamides is 1. The van der Waals surface area contributed by atoms with Gasteiger partial charge in [0.2, 0.25) is 15.9 Å². The van der Waals surface area contributed by atoms with Crippen LogP contribution in [0, 0.1) is 0 Å². The highest BCUT2D eigenvalue weighted by molar-refractivity contribution is 7.91. The van der Waals surface area contributed by atoms with Gasteiger partial charge in [-0.2, -0.15) is 17.9 Å². The summed E-state index contributed by atoms with van der Waals surface area (Å²) in [6.45, 7) is 1.16. The van der Waals surface area contributed by atoms with Crippen LogP contribution in [-0.2, 0) is 30.8 Å². The van der Waals surface area contributed by atoms with Crippen molar-refractivity contribution in [1.82, 2.24) is 10.0 Å². The predicted molar refractivity (Wildman–Crippen MR) is 86.4 cm³/mol. The maximum absolute atomic E-state index is 13.0. The Morgan fingerprint density at radius 1 is 1.27 bits per heavy atom. The van der Waals surface area contributed by atoms with Gasteiger partial charge in [0.15, 0.2) is 9.84 Å². The van der Waals surface area contributed by atoms with Crippen LogP contribution in [0.5, 0.6) is 0 Å². The molecule has 0 spiro atoms. The van der Waals surface area contributed by atoms with E-state index in [0.29, 0.717) is 6.07 Å². The van der Waals surface area contributed by atoms with E-state index < -0.39 is 54.5 Å². The predicted octanol–water partition coefficient (Wildman–Crippen LogP) is 0.676. The summed E-state index contributed by atoms with van der Waals surface area (Å²) < 4.78 is 88.1. The van der Waals surface area contributed by atoms with Gasteiger partial charge in [0, 0.05) is 6.04 Å². The molecule has 1 aliphatic heterocycles. The molecule has 1 aromatic carbocycles. The number of hydrogen-bond acceptors (Lipinski definition) is 5. The SMILES string of the molecule is C[C@H](NS(=O)(=O)c1ccccc1C(F)(F)F)C(=O)NC1CCS(=O)(=O)C1. The molecule has 1 amide bonds. The summed E-state index contributed by atoms with van der Waals surface area (Å²) in [4.78, 5) is 11.1. The van der Waals surface area contributed by atoms with Gasteiger partial charge in [0.25, 0.3) is 0 Å². The lowest BCUT2D eigenvalue weighted by Gasteiger charge is -2.19. The van der Waals surface area contributed by atoms with Crippen LogP contribution in [0.2, 0.25) is 0 Å². The number of halogens is 3. The topological polar surface area (TPSA) is 109 Å². The highest BCUT2D eigenvalue weighted by Crippen LogP contribution is 2.33. The van der Waals surface area contributed by atoms with Crippen LogP contribution in [0.25, 0.3) is 0 Å². The van der Waals surface area contributed by atoms with Gasteiger partial charge in [0.05, 0.1) is 28.0 Å². The van der Waals surface area contributed by atoms with Crippen molar-refractivity contribution in [2.75, 3.05) is 11.5 Å². The Hall–Kier alpha value is -1.66. The maximum Gasteiger partial charge on any atom is 0.417 e. The second-order valence-corrected chi connectivity index (χ2v) is 9.86. The van der Waals surface area contributed by atoms with Crippen LogP contribution in [0.1, 0.15) is 18.9 Å². The third-order valence-corrected chi connectivity index (χ3v) is 7.15. The Balaban J connectivity index is 2.13. The largest absolute Gasteiger partial charge is 0.417 e. The first-order chi connectivity index (χ1) is 11.8. The standard InChI is InChI=1S/C14H17F3N2O5S2/c1-9(13(20)18-10-6-7-25(21,22)8-10)19-26(23,24)12-5-3-2-4-11(12)14(15,16)17/h2-5,9-10,19H,6-8H2,1H3,(H,18,20)/t9-,10?/m0/s1. The third kappa shape index (κ3) is 4.95. The maximum atomic E-state index is 13.0. The quantitative estimate of drug-likeness (QED) is 0.736. The van der Waals surface area contributed by atoms with Crippen LogP contribution in [0.4, 0.5) is 13.2 Å². The van der Waals surface area contributed by atoms with E-state index in [9.17, 15) is 34.8 Å². The van der Waals surface area contributed by atoms with Gasteiger partial charge in [-0.05, 0) is 25.5 Å². The average Bonchev–Trinajstić information content (AvgIpc) is 2.84. The molecule has 1 saturated heterocycles. The van der Waals surface area contributed by atoms with E-state index in [1.165, 1.54) is 0 Å². The summed E-state index contributed by atoms with van der Waals surface area (Å²) in [6, 6.07) is 1.57. The van der Waals surface area contributed by atoms with Crippen molar-refractivity contribution in [2.45, 2.75) is 36.5 Å². The summed E-state index contributed by atoms with van der Waals surface area (Å²) in [7, 11) is -7.87. The molecule has 0 aromatic heterocycles. The molecule has 7 nitrogen and oxygen atoms in total. The Morgan fingerprint density at radius 3 is 2.42 bits per heavy atom. The van der Waals surface area contributed by atoms with E-state index in [1.54, 1.807) is 0 Å². The van der Waals surface area contributed by atoms with Crippen LogP contribution < -0.4 is 10.0 Å². The molecule has 1 aliphatic rings. The normalized spacial score (nSPS) is 21.3. The summed E-state index contributed by atoms with van der Waals surface area (Å²) in [5.41, 5.74) is -1.35. The van der Waals surface area contributed by atoms with Crippen molar-refractivity contribution in [1.29, 1.82) is 0 Å². The highest BCUT2D eigenvalue weighted by Gasteiger charge is 2.38. The van der Waals surface area contributed by atoms with E-state index in [0.717, 1.165) is 25.1 Å². The summed E-state index contributed by atoms with van der Waals surface area (Å²) in [5.74, 6) is -1.16. The number of benzene rings is 1. The molecular weight excluding hydrogens is 397 g/mol. The summed E-state index contributed by atoms with van der Waals surface area (Å²) in [6.07, 6.45) is -4.68. The Bertz CT molecular complexity index is 897. The van der Waals surface area contributed by atoms with Crippen molar-refractivity contribution in [3.63, 3.8) is 0 Å². The number of rotatable bonds is 5. The van der Waals surface area contributed by atoms with Crippen molar-refractivity contribution >= 4 is 25.8 Å². The van der Waals surface area contributed by atoms with E-state index in [2.05, 4.69) is 5.32 Å². The highest BCUT2D eigenvalue weighted by atomic mass is 32.2.